The molecule has 6 heteroatoms. The summed E-state index contributed by atoms with van der Waals surface area (Å²) >= 11 is 0. The van der Waals surface area contributed by atoms with Crippen molar-refractivity contribution in [2.45, 2.75) is 0 Å². The van der Waals surface area contributed by atoms with Gasteiger partial charge in [0.05, 0.1) is 22.6 Å². The summed E-state index contributed by atoms with van der Waals surface area (Å²) in [6.07, 6.45) is 4.95. The number of aromatic nitrogens is 2. The van der Waals surface area contributed by atoms with Crippen molar-refractivity contribution in [2.75, 3.05) is 0 Å². The Kier molecular flexibility index (Phi) is 3.43. The Labute approximate surface area is 126 Å². The van der Waals surface area contributed by atoms with E-state index in [1.54, 1.807) is 18.2 Å². The van der Waals surface area contributed by atoms with Crippen LogP contribution in [-0.2, 0) is 4.79 Å². The molecular weight excluding hydrogens is 278 g/mol. The number of benzene rings is 1. The van der Waals surface area contributed by atoms with Crippen molar-refractivity contribution in [1.29, 1.82) is 0 Å². The van der Waals surface area contributed by atoms with Crippen LogP contribution in [0.4, 0.5) is 5.69 Å². The van der Waals surface area contributed by atoms with Gasteiger partial charge in [0.25, 0.3) is 0 Å². The molecule has 0 amide bonds. The maximum absolute atomic E-state index is 10.6. The highest BCUT2D eigenvalue weighted by molar-refractivity contribution is 5.90. The minimum Gasteiger partial charge on any atom is -0.370 e. The van der Waals surface area contributed by atoms with Gasteiger partial charge < -0.3 is 16.0 Å². The molecule has 4 N–H and O–H groups in total. The second-order valence-corrected chi connectivity index (χ2v) is 4.66. The molecule has 1 aromatic carbocycles. The van der Waals surface area contributed by atoms with Crippen molar-refractivity contribution >= 4 is 34.6 Å². The molecule has 108 valence electrons. The number of aliphatic imine (C=N–C) groups is 1. The zero-order valence-electron chi connectivity index (χ0n) is 11.6. The van der Waals surface area contributed by atoms with E-state index in [9.17, 15) is 4.79 Å². The van der Waals surface area contributed by atoms with Gasteiger partial charge in [-0.1, -0.05) is 18.2 Å². The van der Waals surface area contributed by atoms with E-state index >= 15 is 0 Å². The van der Waals surface area contributed by atoms with Crippen LogP contribution in [0.5, 0.6) is 0 Å². The summed E-state index contributed by atoms with van der Waals surface area (Å²) in [6, 6.07) is 11.3. The van der Waals surface area contributed by atoms with E-state index < -0.39 is 0 Å². The zero-order chi connectivity index (χ0) is 15.5. The summed E-state index contributed by atoms with van der Waals surface area (Å²) in [5.41, 5.74) is 13.6. The molecule has 0 spiro atoms. The Morgan fingerprint density at radius 1 is 1.27 bits per heavy atom. The molecule has 0 aliphatic rings. The molecule has 0 bridgehead atoms. The third-order valence-corrected chi connectivity index (χ3v) is 3.13. The summed E-state index contributed by atoms with van der Waals surface area (Å²) in [5.74, 6) is 1.76. The first-order valence-corrected chi connectivity index (χ1v) is 6.56. The number of nitrogens with two attached hydrogens (primary N) is 2. The highest BCUT2D eigenvalue weighted by Gasteiger charge is 2.07. The summed E-state index contributed by atoms with van der Waals surface area (Å²) in [7, 11) is 0. The first-order chi connectivity index (χ1) is 10.7. The van der Waals surface area contributed by atoms with Gasteiger partial charge in [-0.3, -0.25) is 0 Å². The lowest BCUT2D eigenvalue weighted by molar-refractivity contribution is 0.570. The van der Waals surface area contributed by atoms with Crippen LogP contribution in [0.25, 0.3) is 22.7 Å². The number of carbonyl (C=O) groups excluding carboxylic acids is 1. The zero-order valence-corrected chi connectivity index (χ0v) is 11.6. The summed E-state index contributed by atoms with van der Waals surface area (Å²) in [5, 5.41) is 0.956. The average Bonchev–Trinajstić information content (AvgIpc) is 2.94. The number of guanidine groups is 1. The van der Waals surface area contributed by atoms with Gasteiger partial charge in [0, 0.05) is 23.9 Å². The largest absolute Gasteiger partial charge is 0.370 e. The molecule has 3 rings (SSSR count). The number of rotatable bonds is 3. The van der Waals surface area contributed by atoms with E-state index in [-0.39, 0.29) is 5.96 Å². The number of pyridine rings is 1. The minimum absolute atomic E-state index is 0.00177. The third-order valence-electron chi connectivity index (χ3n) is 3.13. The number of para-hydroxylation sites is 1. The Morgan fingerprint density at radius 3 is 2.86 bits per heavy atom. The van der Waals surface area contributed by atoms with Crippen LogP contribution >= 0.6 is 0 Å². The van der Waals surface area contributed by atoms with Crippen molar-refractivity contribution in [3.63, 3.8) is 0 Å². The van der Waals surface area contributed by atoms with Gasteiger partial charge in [-0.15, -0.1) is 0 Å². The number of hydrogen-bond acceptors (Lipinski definition) is 3. The molecule has 0 radical (unpaired) electrons. The lowest BCUT2D eigenvalue weighted by Gasteiger charge is -2.08. The number of fused-ring (bicyclic) bond motifs is 1. The summed E-state index contributed by atoms with van der Waals surface area (Å²) in [6.45, 7) is 0. The van der Waals surface area contributed by atoms with E-state index in [2.05, 4.69) is 9.98 Å². The summed E-state index contributed by atoms with van der Waals surface area (Å²) in [4.78, 5) is 19.0. The van der Waals surface area contributed by atoms with Gasteiger partial charge in [-0.05, 0) is 18.2 Å². The quantitative estimate of drug-likeness (QED) is 0.436. The fourth-order valence-corrected chi connectivity index (χ4v) is 2.28. The Bertz CT molecular complexity index is 915. The molecule has 0 aliphatic carbocycles. The molecule has 0 atom stereocenters. The maximum atomic E-state index is 10.6. The van der Waals surface area contributed by atoms with Crippen LogP contribution in [-0.4, -0.2) is 21.5 Å². The van der Waals surface area contributed by atoms with Crippen molar-refractivity contribution in [3.8, 4) is 5.69 Å². The fraction of sp³-hybridized carbons (Fsp3) is 0. The number of hydrogen-bond donors (Lipinski definition) is 2. The second kappa shape index (κ2) is 5.55. The highest BCUT2D eigenvalue weighted by Crippen LogP contribution is 2.25. The molecule has 0 fully saturated rings. The third kappa shape index (κ3) is 2.59. The van der Waals surface area contributed by atoms with E-state index in [1.807, 2.05) is 41.1 Å². The van der Waals surface area contributed by atoms with Crippen molar-refractivity contribution in [3.05, 3.63) is 54.5 Å². The van der Waals surface area contributed by atoms with Gasteiger partial charge in [-0.2, -0.15) is 0 Å². The monoisotopic (exact) mass is 291 g/mol. The average molecular weight is 291 g/mol. The van der Waals surface area contributed by atoms with E-state index in [4.69, 9.17) is 11.5 Å². The molecular formula is C16H13N5O. The normalized spacial score (nSPS) is 10.2. The van der Waals surface area contributed by atoms with Crippen LogP contribution in [0, 0.1) is 0 Å². The van der Waals surface area contributed by atoms with E-state index in [0.717, 1.165) is 16.6 Å². The SMILES string of the molecule is NC(N)=Nc1ccn(-c2cc(C=C=O)nc3ccccc23)c1. The van der Waals surface area contributed by atoms with Crippen molar-refractivity contribution in [1.82, 2.24) is 9.55 Å². The fourth-order valence-electron chi connectivity index (χ4n) is 2.28. The highest BCUT2D eigenvalue weighted by atomic mass is 16.1. The lowest BCUT2D eigenvalue weighted by Crippen LogP contribution is -2.21. The van der Waals surface area contributed by atoms with Gasteiger partial charge in [-0.25, -0.2) is 14.8 Å². The second-order valence-electron chi connectivity index (χ2n) is 4.66. The van der Waals surface area contributed by atoms with Crippen molar-refractivity contribution in [2.24, 2.45) is 16.5 Å². The van der Waals surface area contributed by atoms with Crippen LogP contribution in [0.2, 0.25) is 0 Å². The predicted molar refractivity (Wildman–Crippen MR) is 86.7 cm³/mol. The topological polar surface area (TPSA) is 99.3 Å². The Hall–Kier alpha value is -3.37. The molecule has 3 aromatic rings. The van der Waals surface area contributed by atoms with Crippen LogP contribution < -0.4 is 11.5 Å². The molecule has 0 saturated heterocycles. The first-order valence-electron chi connectivity index (χ1n) is 6.56. The van der Waals surface area contributed by atoms with E-state index in [0.29, 0.717) is 11.4 Å². The van der Waals surface area contributed by atoms with Gasteiger partial charge in [0.2, 0.25) is 0 Å². The first kappa shape index (κ1) is 13.6. The van der Waals surface area contributed by atoms with Crippen LogP contribution in [0.15, 0.2) is 53.8 Å². The number of nitrogens with zero attached hydrogens (tertiary/aromatic N) is 3. The maximum Gasteiger partial charge on any atom is 0.191 e. The van der Waals surface area contributed by atoms with Gasteiger partial charge in [0.15, 0.2) is 5.96 Å². The smallest absolute Gasteiger partial charge is 0.191 e. The molecule has 22 heavy (non-hydrogen) atoms. The molecule has 2 aromatic heterocycles. The standard InChI is InChI=1S/C16H13N5O/c17-16(18)20-12-5-7-21(10-12)15-9-11(6-8-22)19-14-4-2-1-3-13(14)15/h1-7,9-10H,(H4,17,18,20). The van der Waals surface area contributed by atoms with Crippen LogP contribution in [0.1, 0.15) is 5.69 Å². The molecule has 6 nitrogen and oxygen atoms in total. The Balaban J connectivity index is 2.22. The lowest BCUT2D eigenvalue weighted by atomic mass is 10.1. The summed E-state index contributed by atoms with van der Waals surface area (Å²) < 4.78 is 1.88. The van der Waals surface area contributed by atoms with Gasteiger partial charge >= 0.3 is 0 Å². The van der Waals surface area contributed by atoms with Crippen molar-refractivity contribution < 1.29 is 4.79 Å². The molecule has 0 aliphatic heterocycles. The molecule has 0 saturated carbocycles. The Morgan fingerprint density at radius 2 is 2.09 bits per heavy atom. The molecule has 0 unspecified atom stereocenters. The van der Waals surface area contributed by atoms with E-state index in [1.165, 1.54) is 6.08 Å². The van der Waals surface area contributed by atoms with Crippen LogP contribution in [0.3, 0.4) is 0 Å². The predicted octanol–water partition coefficient (Wildman–Crippen LogP) is 1.78. The van der Waals surface area contributed by atoms with Gasteiger partial charge in [0.1, 0.15) is 5.94 Å². The molecule has 2 heterocycles. The minimum atomic E-state index is 0.00177.